The van der Waals surface area contributed by atoms with Crippen LogP contribution >= 0.6 is 23.1 Å². The molecule has 1 unspecified atom stereocenters. The fraction of sp³-hybridized carbons (Fsp3) is 0.273. The van der Waals surface area contributed by atoms with E-state index < -0.39 is 17.7 Å². The zero-order valence-electron chi connectivity index (χ0n) is 24.4. The number of hydrogen-bond acceptors (Lipinski definition) is 9. The maximum atomic E-state index is 13.6. The predicted molar refractivity (Wildman–Crippen MR) is 170 cm³/mol. The predicted octanol–water partition coefficient (Wildman–Crippen LogP) is 7.20. The number of aromatic nitrogens is 2. The first kappa shape index (κ1) is 30.3. The normalized spacial score (nSPS) is 16.2. The van der Waals surface area contributed by atoms with Gasteiger partial charge in [0.2, 0.25) is 5.13 Å². The van der Waals surface area contributed by atoms with E-state index in [1.54, 1.807) is 42.5 Å². The number of anilines is 1. The van der Waals surface area contributed by atoms with Gasteiger partial charge in [-0.1, -0.05) is 103 Å². The number of aryl methyl sites for hydroxylation is 1. The Hall–Kier alpha value is -4.15. The highest BCUT2D eigenvalue weighted by molar-refractivity contribution is 8.00. The maximum Gasteiger partial charge on any atom is 0.301 e. The van der Waals surface area contributed by atoms with Gasteiger partial charge >= 0.3 is 5.91 Å². The third kappa shape index (κ3) is 6.76. The first-order valence-corrected chi connectivity index (χ1v) is 15.8. The number of aliphatic hydroxyl groups is 1. The molecule has 1 N–H and O–H groups in total. The van der Waals surface area contributed by atoms with Crippen molar-refractivity contribution in [3.63, 3.8) is 0 Å². The summed E-state index contributed by atoms with van der Waals surface area (Å²) in [4.78, 5) is 28.5. The highest BCUT2D eigenvalue weighted by atomic mass is 32.2. The van der Waals surface area contributed by atoms with Crippen LogP contribution in [0.1, 0.15) is 48.6 Å². The number of thioether (sulfide) groups is 1. The van der Waals surface area contributed by atoms with Crippen molar-refractivity contribution in [1.29, 1.82) is 0 Å². The smallest absolute Gasteiger partial charge is 0.301 e. The number of ketones is 1. The lowest BCUT2D eigenvalue weighted by atomic mass is 9.95. The summed E-state index contributed by atoms with van der Waals surface area (Å²) >= 11 is 2.73. The monoisotopic (exact) mass is 615 g/mol. The number of hydrogen-bond donors (Lipinski definition) is 1. The Labute approximate surface area is 259 Å². The highest BCUT2D eigenvalue weighted by Crippen LogP contribution is 2.45. The zero-order valence-corrected chi connectivity index (χ0v) is 26.1. The van der Waals surface area contributed by atoms with Crippen LogP contribution in [-0.4, -0.2) is 40.7 Å². The Bertz CT molecular complexity index is 1630. The number of ether oxygens (including phenoxy) is 2. The number of carbonyl (C=O) groups is 2. The molecule has 1 aromatic heterocycles. The van der Waals surface area contributed by atoms with Gasteiger partial charge in [-0.2, -0.15) is 0 Å². The minimum absolute atomic E-state index is 0.0317. The zero-order chi connectivity index (χ0) is 30.5. The number of methoxy groups -OCH3 is 1. The average Bonchev–Trinajstić information content (AvgIpc) is 3.58. The van der Waals surface area contributed by atoms with Gasteiger partial charge in [0.25, 0.3) is 5.78 Å². The Kier molecular flexibility index (Phi) is 9.47. The summed E-state index contributed by atoms with van der Waals surface area (Å²) in [6, 6.07) is 21.3. The first-order chi connectivity index (χ1) is 20.8. The Morgan fingerprint density at radius 3 is 2.47 bits per heavy atom. The Morgan fingerprint density at radius 1 is 1.02 bits per heavy atom. The molecule has 5 rings (SSSR count). The van der Waals surface area contributed by atoms with E-state index in [0.29, 0.717) is 45.2 Å². The largest absolute Gasteiger partial charge is 0.507 e. The number of aliphatic hydroxyl groups excluding tert-OH is 1. The molecule has 1 aliphatic rings. The summed E-state index contributed by atoms with van der Waals surface area (Å²) < 4.78 is 12.3. The van der Waals surface area contributed by atoms with Crippen LogP contribution in [0.4, 0.5) is 5.13 Å². The summed E-state index contributed by atoms with van der Waals surface area (Å²) in [5.74, 6) is 0.323. The Balaban J connectivity index is 1.53. The number of benzene rings is 3. The molecule has 10 heteroatoms. The molecule has 0 aliphatic carbocycles. The molecule has 0 saturated carbocycles. The fourth-order valence-electron chi connectivity index (χ4n) is 4.66. The van der Waals surface area contributed by atoms with Gasteiger partial charge in [0.1, 0.15) is 5.76 Å². The van der Waals surface area contributed by atoms with E-state index in [-0.39, 0.29) is 16.5 Å². The van der Waals surface area contributed by atoms with Gasteiger partial charge in [-0.25, -0.2) is 0 Å². The lowest BCUT2D eigenvalue weighted by Crippen LogP contribution is -2.29. The van der Waals surface area contributed by atoms with Gasteiger partial charge in [-0.05, 0) is 42.5 Å². The van der Waals surface area contributed by atoms with Gasteiger partial charge in [0.15, 0.2) is 15.8 Å². The van der Waals surface area contributed by atoms with E-state index in [4.69, 9.17) is 9.47 Å². The van der Waals surface area contributed by atoms with Crippen molar-refractivity contribution in [1.82, 2.24) is 10.2 Å². The van der Waals surface area contributed by atoms with Crippen molar-refractivity contribution in [2.75, 3.05) is 18.6 Å². The molecule has 0 radical (unpaired) electrons. The average molecular weight is 616 g/mol. The molecular formula is C33H33N3O5S2. The molecule has 4 aromatic rings. The van der Waals surface area contributed by atoms with Gasteiger partial charge in [0, 0.05) is 11.3 Å². The number of amides is 1. The molecule has 0 spiro atoms. The quantitative estimate of drug-likeness (QED) is 0.0622. The third-order valence-electron chi connectivity index (χ3n) is 7.03. The molecule has 0 bridgehead atoms. The molecule has 8 nitrogen and oxygen atoms in total. The molecule has 1 amide bonds. The van der Waals surface area contributed by atoms with E-state index in [9.17, 15) is 14.7 Å². The molecule has 1 saturated heterocycles. The maximum absolute atomic E-state index is 13.6. The minimum Gasteiger partial charge on any atom is -0.507 e. The second-order valence-electron chi connectivity index (χ2n) is 10.6. The molecule has 1 atom stereocenters. The molecule has 1 aliphatic heterocycles. The highest BCUT2D eigenvalue weighted by Gasteiger charge is 2.48. The fourth-order valence-corrected chi connectivity index (χ4v) is 6.49. The standard InChI is InChI=1S/C33H33N3O5S2/c1-20(2)16-17-41-25-15-14-24(18-26(25)40-4)28-27(29(37)23-8-6-5-7-9-23)30(38)31(39)36(28)32-34-35-33(43-32)42-19-22-12-10-21(3)11-13-22/h5-15,18,20,28,37H,16-17,19H2,1-4H3/b29-27-. The molecule has 1 fully saturated rings. The number of nitrogens with zero attached hydrogens (tertiary/aromatic N) is 3. The van der Waals surface area contributed by atoms with E-state index in [1.165, 1.54) is 40.7 Å². The summed E-state index contributed by atoms with van der Waals surface area (Å²) in [6.07, 6.45) is 0.878. The van der Waals surface area contributed by atoms with Crippen molar-refractivity contribution in [3.8, 4) is 11.5 Å². The van der Waals surface area contributed by atoms with Gasteiger partial charge in [0.05, 0.1) is 25.3 Å². The van der Waals surface area contributed by atoms with Crippen LogP contribution < -0.4 is 14.4 Å². The lowest BCUT2D eigenvalue weighted by molar-refractivity contribution is -0.132. The molecular weight excluding hydrogens is 583 g/mol. The van der Waals surface area contributed by atoms with Crippen LogP contribution in [0, 0.1) is 12.8 Å². The van der Waals surface area contributed by atoms with Crippen molar-refractivity contribution >= 4 is 45.7 Å². The van der Waals surface area contributed by atoms with E-state index in [2.05, 4.69) is 48.3 Å². The van der Waals surface area contributed by atoms with Gasteiger partial charge < -0.3 is 14.6 Å². The second-order valence-corrected chi connectivity index (χ2v) is 12.8. The molecule has 222 valence electrons. The van der Waals surface area contributed by atoms with Crippen LogP contribution in [0.2, 0.25) is 0 Å². The van der Waals surface area contributed by atoms with Gasteiger partial charge in [-0.3, -0.25) is 14.5 Å². The molecule has 3 aromatic carbocycles. The summed E-state index contributed by atoms with van der Waals surface area (Å²) in [5.41, 5.74) is 3.28. The summed E-state index contributed by atoms with van der Waals surface area (Å²) in [5, 5.41) is 20.3. The SMILES string of the molecule is COc1cc(C2/C(=C(/O)c3ccccc3)C(=O)C(=O)N2c2nnc(SCc3ccc(C)cc3)s2)ccc1OCCC(C)C. The Morgan fingerprint density at radius 2 is 1.77 bits per heavy atom. The topological polar surface area (TPSA) is 102 Å². The number of carbonyl (C=O) groups excluding carboxylic acids is 2. The first-order valence-electron chi connectivity index (χ1n) is 14.0. The summed E-state index contributed by atoms with van der Waals surface area (Å²) in [7, 11) is 1.54. The molecule has 43 heavy (non-hydrogen) atoms. The second kappa shape index (κ2) is 13.4. The minimum atomic E-state index is -0.957. The summed E-state index contributed by atoms with van der Waals surface area (Å²) in [6.45, 7) is 6.81. The van der Waals surface area contributed by atoms with Gasteiger partial charge in [-0.15, -0.1) is 10.2 Å². The van der Waals surface area contributed by atoms with Crippen LogP contribution in [-0.2, 0) is 15.3 Å². The van der Waals surface area contributed by atoms with E-state index >= 15 is 0 Å². The molecule has 2 heterocycles. The van der Waals surface area contributed by atoms with E-state index in [0.717, 1.165) is 12.0 Å². The van der Waals surface area contributed by atoms with Crippen molar-refractivity contribution in [3.05, 3.63) is 101 Å². The third-order valence-corrected chi connectivity index (χ3v) is 9.16. The number of Topliss-reactive ketones (excluding diaryl/α,β-unsaturated/α-hetero) is 1. The van der Waals surface area contributed by atoms with Crippen LogP contribution in [0.3, 0.4) is 0 Å². The van der Waals surface area contributed by atoms with Crippen LogP contribution in [0.25, 0.3) is 5.76 Å². The number of rotatable bonds is 11. The van der Waals surface area contributed by atoms with E-state index in [1.807, 2.05) is 13.0 Å². The van der Waals surface area contributed by atoms with Crippen molar-refractivity contribution in [2.24, 2.45) is 5.92 Å². The lowest BCUT2D eigenvalue weighted by Gasteiger charge is -2.23. The van der Waals surface area contributed by atoms with Crippen LogP contribution in [0.15, 0.2) is 82.7 Å². The van der Waals surface area contributed by atoms with Crippen molar-refractivity contribution in [2.45, 2.75) is 43.3 Å². The van der Waals surface area contributed by atoms with Crippen molar-refractivity contribution < 1.29 is 24.2 Å². The van der Waals surface area contributed by atoms with Crippen LogP contribution in [0.5, 0.6) is 11.5 Å².